The molecule has 0 heterocycles. The minimum atomic E-state index is -3.25. The summed E-state index contributed by atoms with van der Waals surface area (Å²) in [6.07, 6.45) is 5.07. The minimum absolute atomic E-state index is 0.00849. The van der Waals surface area contributed by atoms with Crippen LogP contribution < -0.4 is 5.32 Å². The second-order valence-corrected chi connectivity index (χ2v) is 7.62. The normalized spacial score (nSPS) is 22.8. The number of hydrogen-bond acceptors (Lipinski definition) is 4. The molecule has 1 fully saturated rings. The summed E-state index contributed by atoms with van der Waals surface area (Å²) in [6, 6.07) is 5.90. The summed E-state index contributed by atoms with van der Waals surface area (Å²) in [4.78, 5) is 12.4. The van der Waals surface area contributed by atoms with E-state index in [0.29, 0.717) is 5.56 Å². The van der Waals surface area contributed by atoms with Crippen molar-refractivity contribution in [3.05, 3.63) is 29.8 Å². The first kappa shape index (κ1) is 16.0. The zero-order valence-corrected chi connectivity index (χ0v) is 12.9. The second kappa shape index (κ2) is 6.58. The Bertz CT molecular complexity index is 595. The monoisotopic (exact) mass is 311 g/mol. The first-order valence-electron chi connectivity index (χ1n) is 7.13. The summed E-state index contributed by atoms with van der Waals surface area (Å²) in [5.41, 5.74) is 0.435. The highest BCUT2D eigenvalue weighted by Crippen LogP contribution is 2.24. The lowest BCUT2D eigenvalue weighted by atomic mass is 9.85. The van der Waals surface area contributed by atoms with Crippen LogP contribution in [0.2, 0.25) is 0 Å². The summed E-state index contributed by atoms with van der Waals surface area (Å²) in [7, 11) is -3.25. The maximum atomic E-state index is 12.2. The lowest BCUT2D eigenvalue weighted by molar-refractivity contribution is 0.0872. The van der Waals surface area contributed by atoms with E-state index in [1.54, 1.807) is 0 Å². The van der Waals surface area contributed by atoms with Gasteiger partial charge >= 0.3 is 0 Å². The number of carbonyl (C=O) groups excluding carboxylic acids is 1. The van der Waals surface area contributed by atoms with E-state index >= 15 is 0 Å². The Morgan fingerprint density at radius 1 is 1.24 bits per heavy atom. The van der Waals surface area contributed by atoms with Gasteiger partial charge in [-0.25, -0.2) is 8.42 Å². The molecule has 1 aromatic rings. The summed E-state index contributed by atoms with van der Waals surface area (Å²) in [5.74, 6) is -0.113. The Kier molecular flexibility index (Phi) is 5.00. The fourth-order valence-corrected chi connectivity index (χ4v) is 3.35. The maximum Gasteiger partial charge on any atom is 0.251 e. The smallest absolute Gasteiger partial charge is 0.251 e. The van der Waals surface area contributed by atoms with E-state index in [0.717, 1.165) is 31.9 Å². The average Bonchev–Trinajstić information content (AvgIpc) is 2.47. The molecule has 6 heteroatoms. The largest absolute Gasteiger partial charge is 0.396 e. The summed E-state index contributed by atoms with van der Waals surface area (Å²) < 4.78 is 22.8. The SMILES string of the molecule is CS(=O)(=O)c1ccc(C(=O)NC2CCCCC2CO)cc1. The molecule has 1 aromatic carbocycles. The predicted octanol–water partition coefficient (Wildman–Crippen LogP) is 1.37. The van der Waals surface area contributed by atoms with Crippen molar-refractivity contribution >= 4 is 15.7 Å². The fraction of sp³-hybridized carbons (Fsp3) is 0.533. The van der Waals surface area contributed by atoms with Crippen LogP contribution in [0.15, 0.2) is 29.2 Å². The van der Waals surface area contributed by atoms with Gasteiger partial charge in [0.2, 0.25) is 0 Å². The van der Waals surface area contributed by atoms with Crippen molar-refractivity contribution < 1.29 is 18.3 Å². The van der Waals surface area contributed by atoms with Gasteiger partial charge in [-0.1, -0.05) is 12.8 Å². The van der Waals surface area contributed by atoms with Gasteiger partial charge in [0.05, 0.1) is 4.90 Å². The van der Waals surface area contributed by atoms with Crippen LogP contribution in [0.5, 0.6) is 0 Å². The quantitative estimate of drug-likeness (QED) is 0.880. The summed E-state index contributed by atoms with van der Waals surface area (Å²) in [5, 5.41) is 12.3. The van der Waals surface area contributed by atoms with Crippen molar-refractivity contribution in [3.63, 3.8) is 0 Å². The summed E-state index contributed by atoms with van der Waals surface area (Å²) >= 11 is 0. The van der Waals surface area contributed by atoms with Crippen molar-refractivity contribution in [2.45, 2.75) is 36.6 Å². The number of aliphatic hydroxyl groups excluding tert-OH is 1. The van der Waals surface area contributed by atoms with Gasteiger partial charge in [0, 0.05) is 30.4 Å². The standard InChI is InChI=1S/C15H21NO4S/c1-21(19,20)13-8-6-11(7-9-13)15(18)16-14-5-3-2-4-12(14)10-17/h6-9,12,14,17H,2-5,10H2,1H3,(H,16,18). The molecule has 0 bridgehead atoms. The first-order chi connectivity index (χ1) is 9.91. The zero-order chi connectivity index (χ0) is 15.5. The van der Waals surface area contributed by atoms with E-state index in [-0.39, 0.29) is 29.4 Å². The maximum absolute atomic E-state index is 12.2. The van der Waals surface area contributed by atoms with Crippen molar-refractivity contribution in [2.75, 3.05) is 12.9 Å². The van der Waals surface area contributed by atoms with E-state index < -0.39 is 9.84 Å². The highest BCUT2D eigenvalue weighted by Gasteiger charge is 2.26. The van der Waals surface area contributed by atoms with E-state index in [9.17, 15) is 18.3 Å². The Labute approximate surface area is 125 Å². The van der Waals surface area contributed by atoms with E-state index in [4.69, 9.17) is 0 Å². The van der Waals surface area contributed by atoms with Crippen molar-refractivity contribution in [2.24, 2.45) is 5.92 Å². The Hall–Kier alpha value is -1.40. The number of hydrogen-bond donors (Lipinski definition) is 2. The molecule has 1 aliphatic carbocycles. The Morgan fingerprint density at radius 3 is 2.43 bits per heavy atom. The Balaban J connectivity index is 2.06. The molecular weight excluding hydrogens is 290 g/mol. The number of aliphatic hydroxyl groups is 1. The molecule has 1 amide bonds. The molecule has 21 heavy (non-hydrogen) atoms. The van der Waals surface area contributed by atoms with Gasteiger partial charge in [0.15, 0.2) is 9.84 Å². The van der Waals surface area contributed by atoms with Crippen LogP contribution in [0.25, 0.3) is 0 Å². The molecule has 0 aromatic heterocycles. The highest BCUT2D eigenvalue weighted by molar-refractivity contribution is 7.90. The average molecular weight is 311 g/mol. The van der Waals surface area contributed by atoms with Gasteiger partial charge in [-0.05, 0) is 37.1 Å². The fourth-order valence-electron chi connectivity index (χ4n) is 2.72. The number of nitrogens with one attached hydrogen (secondary N) is 1. The topological polar surface area (TPSA) is 83.5 Å². The van der Waals surface area contributed by atoms with Crippen LogP contribution in [-0.2, 0) is 9.84 Å². The van der Waals surface area contributed by atoms with Crippen molar-refractivity contribution in [1.82, 2.24) is 5.32 Å². The molecule has 1 aliphatic rings. The molecule has 0 spiro atoms. The lowest BCUT2D eigenvalue weighted by Crippen LogP contribution is -2.43. The van der Waals surface area contributed by atoms with Crippen molar-refractivity contribution in [3.8, 4) is 0 Å². The number of amides is 1. The molecule has 116 valence electrons. The minimum Gasteiger partial charge on any atom is -0.396 e. The molecule has 2 atom stereocenters. The summed E-state index contributed by atoms with van der Waals surface area (Å²) in [6.45, 7) is 0.0813. The van der Waals surface area contributed by atoms with Crippen LogP contribution in [-0.4, -0.2) is 38.3 Å². The van der Waals surface area contributed by atoms with E-state index in [1.165, 1.54) is 24.3 Å². The number of benzene rings is 1. The van der Waals surface area contributed by atoms with E-state index in [1.807, 2.05) is 0 Å². The number of carbonyl (C=O) groups is 1. The predicted molar refractivity (Wildman–Crippen MR) is 79.8 cm³/mol. The zero-order valence-electron chi connectivity index (χ0n) is 12.1. The molecular formula is C15H21NO4S. The highest BCUT2D eigenvalue weighted by atomic mass is 32.2. The molecule has 2 N–H and O–H groups in total. The van der Waals surface area contributed by atoms with Gasteiger partial charge in [0.25, 0.3) is 5.91 Å². The second-order valence-electron chi connectivity index (χ2n) is 5.60. The van der Waals surface area contributed by atoms with E-state index in [2.05, 4.69) is 5.32 Å². The number of rotatable bonds is 4. The van der Waals surface area contributed by atoms with Crippen LogP contribution >= 0.6 is 0 Å². The third kappa shape index (κ3) is 4.04. The van der Waals surface area contributed by atoms with Crippen LogP contribution in [0.1, 0.15) is 36.0 Å². The molecule has 0 radical (unpaired) electrons. The van der Waals surface area contributed by atoms with Gasteiger partial charge in [-0.3, -0.25) is 4.79 Å². The van der Waals surface area contributed by atoms with Crippen LogP contribution in [0, 0.1) is 5.92 Å². The van der Waals surface area contributed by atoms with Gasteiger partial charge < -0.3 is 10.4 Å². The van der Waals surface area contributed by atoms with Crippen LogP contribution in [0.4, 0.5) is 0 Å². The lowest BCUT2D eigenvalue weighted by Gasteiger charge is -2.30. The number of sulfone groups is 1. The molecule has 1 saturated carbocycles. The van der Waals surface area contributed by atoms with Crippen molar-refractivity contribution in [1.29, 1.82) is 0 Å². The molecule has 2 unspecified atom stereocenters. The molecule has 0 aliphatic heterocycles. The molecule has 0 saturated heterocycles. The molecule has 2 rings (SSSR count). The van der Waals surface area contributed by atoms with Gasteiger partial charge in [-0.2, -0.15) is 0 Å². The Morgan fingerprint density at radius 2 is 1.86 bits per heavy atom. The third-order valence-corrected chi connectivity index (χ3v) is 5.13. The van der Waals surface area contributed by atoms with Gasteiger partial charge in [0.1, 0.15) is 0 Å². The molecule has 5 nitrogen and oxygen atoms in total. The third-order valence-electron chi connectivity index (χ3n) is 4.00. The van der Waals surface area contributed by atoms with Crippen LogP contribution in [0.3, 0.4) is 0 Å². The van der Waals surface area contributed by atoms with Gasteiger partial charge in [-0.15, -0.1) is 0 Å². The first-order valence-corrected chi connectivity index (χ1v) is 9.03.